The quantitative estimate of drug-likeness (QED) is 0.124. The maximum absolute atomic E-state index is 5.09. The van der Waals surface area contributed by atoms with E-state index in [0.29, 0.717) is 0 Å². The summed E-state index contributed by atoms with van der Waals surface area (Å²) in [6.07, 6.45) is 19.2. The Morgan fingerprint density at radius 1 is 0.578 bits per heavy atom. The fourth-order valence-corrected chi connectivity index (χ4v) is 5.92. The standard InChI is InChI=1S/C43H58N2/c1-8-9-10-11-12-13-14-15-16-17-18-34-22-31-40(32-23-34)45-41(36-24-28-38(29-25-36)43(5,6)7)33-39(44-45)30-21-35-19-26-37(27-20-35)42(2,3)4/h19-33H,8-18H2,1-7H3. The maximum Gasteiger partial charge on any atom is 0.0862 e. The lowest BCUT2D eigenvalue weighted by Gasteiger charge is -2.19. The third-order valence-electron chi connectivity index (χ3n) is 9.00. The summed E-state index contributed by atoms with van der Waals surface area (Å²) in [6.45, 7) is 15.8. The highest BCUT2D eigenvalue weighted by molar-refractivity contribution is 5.72. The third-order valence-corrected chi connectivity index (χ3v) is 9.00. The molecule has 0 radical (unpaired) electrons. The van der Waals surface area contributed by atoms with Crippen molar-refractivity contribution in [2.24, 2.45) is 0 Å². The van der Waals surface area contributed by atoms with Crippen molar-refractivity contribution in [3.63, 3.8) is 0 Å². The third kappa shape index (κ3) is 10.6. The summed E-state index contributed by atoms with van der Waals surface area (Å²) in [5.41, 5.74) is 9.92. The van der Waals surface area contributed by atoms with E-state index in [9.17, 15) is 0 Å². The fraction of sp³-hybridized carbons (Fsp3) is 0.465. The number of unbranched alkanes of at least 4 members (excludes halogenated alkanes) is 9. The van der Waals surface area contributed by atoms with Gasteiger partial charge in [-0.05, 0) is 70.2 Å². The zero-order valence-electron chi connectivity index (χ0n) is 29.3. The minimum Gasteiger partial charge on any atom is -0.233 e. The van der Waals surface area contributed by atoms with Gasteiger partial charge in [0, 0.05) is 5.56 Å². The molecule has 4 rings (SSSR count). The Hall–Kier alpha value is -3.39. The second-order valence-corrected chi connectivity index (χ2v) is 15.0. The number of hydrogen-bond acceptors (Lipinski definition) is 1. The Balaban J connectivity index is 1.45. The molecule has 3 aromatic carbocycles. The SMILES string of the molecule is CCCCCCCCCCCCc1ccc(-n2nc(C=Cc3ccc(C(C)(C)C)cc3)cc2-c2ccc(C(C)(C)C)cc2)cc1. The van der Waals surface area contributed by atoms with Crippen molar-refractivity contribution in [3.8, 4) is 16.9 Å². The van der Waals surface area contributed by atoms with Crippen LogP contribution in [0.5, 0.6) is 0 Å². The molecule has 0 spiro atoms. The van der Waals surface area contributed by atoms with Crippen LogP contribution in [0.4, 0.5) is 0 Å². The molecule has 0 saturated heterocycles. The summed E-state index contributed by atoms with van der Waals surface area (Å²) >= 11 is 0. The molecule has 1 heterocycles. The van der Waals surface area contributed by atoms with E-state index < -0.39 is 0 Å². The normalized spacial score (nSPS) is 12.3. The Morgan fingerprint density at radius 2 is 1.09 bits per heavy atom. The van der Waals surface area contributed by atoms with Gasteiger partial charge in [0.15, 0.2) is 0 Å². The maximum atomic E-state index is 5.09. The summed E-state index contributed by atoms with van der Waals surface area (Å²) in [5.74, 6) is 0. The van der Waals surface area contributed by atoms with Gasteiger partial charge in [-0.2, -0.15) is 5.10 Å². The van der Waals surface area contributed by atoms with Gasteiger partial charge in [0.05, 0.1) is 17.1 Å². The van der Waals surface area contributed by atoms with Crippen molar-refractivity contribution in [3.05, 3.63) is 107 Å². The van der Waals surface area contributed by atoms with Gasteiger partial charge in [0.1, 0.15) is 0 Å². The van der Waals surface area contributed by atoms with E-state index in [1.54, 1.807) is 0 Å². The minimum atomic E-state index is 0.124. The van der Waals surface area contributed by atoms with Crippen molar-refractivity contribution in [1.29, 1.82) is 0 Å². The van der Waals surface area contributed by atoms with Crippen LogP contribution in [0.3, 0.4) is 0 Å². The van der Waals surface area contributed by atoms with Gasteiger partial charge in [-0.3, -0.25) is 0 Å². The predicted molar refractivity (Wildman–Crippen MR) is 197 cm³/mol. The molecule has 0 atom stereocenters. The summed E-state index contributed by atoms with van der Waals surface area (Å²) < 4.78 is 2.11. The second-order valence-electron chi connectivity index (χ2n) is 15.0. The molecule has 2 nitrogen and oxygen atoms in total. The average Bonchev–Trinajstić information content (AvgIpc) is 3.45. The zero-order chi connectivity index (χ0) is 32.3. The molecular weight excluding hydrogens is 544 g/mol. The van der Waals surface area contributed by atoms with Crippen LogP contribution in [0.2, 0.25) is 0 Å². The number of aromatic nitrogens is 2. The van der Waals surface area contributed by atoms with Crippen LogP contribution in [-0.2, 0) is 17.3 Å². The first-order valence-corrected chi connectivity index (χ1v) is 17.6. The molecule has 2 heteroatoms. The first kappa shape index (κ1) is 34.5. The van der Waals surface area contributed by atoms with E-state index in [2.05, 4.69) is 144 Å². The molecule has 1 aromatic heterocycles. The summed E-state index contributed by atoms with van der Waals surface area (Å²) in [4.78, 5) is 0. The van der Waals surface area contributed by atoms with Crippen molar-refractivity contribution >= 4 is 12.2 Å². The largest absolute Gasteiger partial charge is 0.233 e. The number of rotatable bonds is 15. The van der Waals surface area contributed by atoms with Gasteiger partial charge in [0.25, 0.3) is 0 Å². The van der Waals surface area contributed by atoms with Gasteiger partial charge in [-0.25, -0.2) is 4.68 Å². The molecule has 4 aromatic rings. The Morgan fingerprint density at radius 3 is 1.62 bits per heavy atom. The van der Waals surface area contributed by atoms with Crippen LogP contribution in [0.1, 0.15) is 141 Å². The van der Waals surface area contributed by atoms with E-state index in [4.69, 9.17) is 5.10 Å². The molecular formula is C43H58N2. The summed E-state index contributed by atoms with van der Waals surface area (Å²) in [6, 6.07) is 29.2. The van der Waals surface area contributed by atoms with Crippen molar-refractivity contribution in [2.45, 2.75) is 130 Å². The topological polar surface area (TPSA) is 17.8 Å². The zero-order valence-corrected chi connectivity index (χ0v) is 29.3. The molecule has 240 valence electrons. The van der Waals surface area contributed by atoms with Crippen molar-refractivity contribution < 1.29 is 0 Å². The fourth-order valence-electron chi connectivity index (χ4n) is 5.92. The van der Waals surface area contributed by atoms with Gasteiger partial charge in [-0.1, -0.05) is 173 Å². The summed E-state index contributed by atoms with van der Waals surface area (Å²) in [5, 5.41) is 5.09. The van der Waals surface area contributed by atoms with Crippen LogP contribution in [0.25, 0.3) is 29.1 Å². The first-order chi connectivity index (χ1) is 21.5. The van der Waals surface area contributed by atoms with Crippen LogP contribution >= 0.6 is 0 Å². The first-order valence-electron chi connectivity index (χ1n) is 17.6. The van der Waals surface area contributed by atoms with Gasteiger partial charge < -0.3 is 0 Å². The molecule has 0 saturated carbocycles. The predicted octanol–water partition coefficient (Wildman–Crippen LogP) is 12.8. The van der Waals surface area contributed by atoms with E-state index in [-0.39, 0.29) is 10.8 Å². The Labute approximate surface area is 275 Å². The highest BCUT2D eigenvalue weighted by atomic mass is 15.3. The Bertz CT molecular complexity index is 1450. The lowest BCUT2D eigenvalue weighted by molar-refractivity contribution is 0.556. The molecule has 0 amide bonds. The van der Waals surface area contributed by atoms with E-state index in [0.717, 1.165) is 23.5 Å². The Kier molecular flexibility index (Phi) is 12.5. The van der Waals surface area contributed by atoms with Crippen LogP contribution in [0.15, 0.2) is 78.9 Å². The van der Waals surface area contributed by atoms with Crippen LogP contribution < -0.4 is 0 Å². The van der Waals surface area contributed by atoms with E-state index >= 15 is 0 Å². The van der Waals surface area contributed by atoms with Gasteiger partial charge >= 0.3 is 0 Å². The van der Waals surface area contributed by atoms with Crippen molar-refractivity contribution in [1.82, 2.24) is 9.78 Å². The lowest BCUT2D eigenvalue weighted by atomic mass is 9.86. The van der Waals surface area contributed by atoms with E-state index in [1.807, 2.05) is 0 Å². The number of aryl methyl sites for hydroxylation is 1. The van der Waals surface area contributed by atoms with Crippen LogP contribution in [0, 0.1) is 0 Å². The van der Waals surface area contributed by atoms with E-state index in [1.165, 1.54) is 92.0 Å². The summed E-state index contributed by atoms with van der Waals surface area (Å²) in [7, 11) is 0. The molecule has 0 N–H and O–H groups in total. The molecule has 45 heavy (non-hydrogen) atoms. The highest BCUT2D eigenvalue weighted by Crippen LogP contribution is 2.29. The average molecular weight is 603 g/mol. The smallest absolute Gasteiger partial charge is 0.0862 e. The molecule has 0 aliphatic heterocycles. The highest BCUT2D eigenvalue weighted by Gasteiger charge is 2.16. The molecule has 0 unspecified atom stereocenters. The van der Waals surface area contributed by atoms with Crippen molar-refractivity contribution in [2.75, 3.05) is 0 Å². The molecule has 0 fully saturated rings. The second kappa shape index (κ2) is 16.3. The molecule has 0 aliphatic carbocycles. The van der Waals surface area contributed by atoms with Gasteiger partial charge in [0.2, 0.25) is 0 Å². The number of nitrogens with zero attached hydrogens (tertiary/aromatic N) is 2. The molecule has 0 aliphatic rings. The van der Waals surface area contributed by atoms with Gasteiger partial charge in [-0.15, -0.1) is 0 Å². The number of hydrogen-bond donors (Lipinski definition) is 0. The monoisotopic (exact) mass is 602 g/mol. The molecule has 0 bridgehead atoms. The number of benzene rings is 3. The lowest BCUT2D eigenvalue weighted by Crippen LogP contribution is -2.10. The minimum absolute atomic E-state index is 0.124. The van der Waals surface area contributed by atoms with Crippen LogP contribution in [-0.4, -0.2) is 9.78 Å².